The van der Waals surface area contributed by atoms with Crippen molar-refractivity contribution in [3.05, 3.63) is 65.2 Å². The Balaban J connectivity index is 1.50. The molecule has 7 heteroatoms. The molecule has 1 saturated carbocycles. The molecule has 2 aromatic rings. The van der Waals surface area contributed by atoms with E-state index < -0.39 is 28.5 Å². The second-order valence-corrected chi connectivity index (χ2v) is 8.20. The Morgan fingerprint density at radius 1 is 0.903 bits per heavy atom. The summed E-state index contributed by atoms with van der Waals surface area (Å²) in [6, 6.07) is 11.1. The van der Waals surface area contributed by atoms with E-state index in [0.29, 0.717) is 13.1 Å². The zero-order valence-corrected chi connectivity index (χ0v) is 17.6. The average Bonchev–Trinajstić information content (AvgIpc) is 3.30. The largest absolute Gasteiger partial charge is 0.497 e. The van der Waals surface area contributed by atoms with Crippen molar-refractivity contribution in [1.82, 2.24) is 9.80 Å². The number of rotatable bonds is 4. The Bertz CT molecular complexity index is 960. The topological polar surface area (TPSA) is 49.9 Å². The molecule has 0 atom stereocenters. The van der Waals surface area contributed by atoms with E-state index in [1.54, 1.807) is 12.0 Å². The van der Waals surface area contributed by atoms with E-state index in [1.165, 1.54) is 11.0 Å². The quantitative estimate of drug-likeness (QED) is 0.745. The fourth-order valence-corrected chi connectivity index (χ4v) is 4.80. The highest BCUT2D eigenvalue weighted by atomic mass is 19.1. The number of carbonyl (C=O) groups excluding carboxylic acids is 2. The van der Waals surface area contributed by atoms with Gasteiger partial charge in [-0.15, -0.1) is 0 Å². The van der Waals surface area contributed by atoms with Gasteiger partial charge in [0.15, 0.2) is 0 Å². The standard InChI is InChI=1S/C24H26F2N2O3/c1-31-18-7-4-6-17(16-18)24(10-2-3-11-24)23(30)28-14-12-27(13-15-28)22(29)21-19(25)8-5-9-20(21)26/h4-9,16H,2-3,10-15H2,1H3. The third kappa shape index (κ3) is 3.89. The second-order valence-electron chi connectivity index (χ2n) is 8.20. The van der Waals surface area contributed by atoms with Crippen molar-refractivity contribution in [2.45, 2.75) is 31.1 Å². The van der Waals surface area contributed by atoms with Crippen LogP contribution in [-0.2, 0) is 10.2 Å². The Morgan fingerprint density at radius 3 is 2.10 bits per heavy atom. The fraction of sp³-hybridized carbons (Fsp3) is 0.417. The smallest absolute Gasteiger partial charge is 0.259 e. The van der Waals surface area contributed by atoms with Crippen LogP contribution in [0.5, 0.6) is 5.75 Å². The van der Waals surface area contributed by atoms with Crippen molar-refractivity contribution < 1.29 is 23.1 Å². The summed E-state index contributed by atoms with van der Waals surface area (Å²) in [6.45, 7) is 1.16. The van der Waals surface area contributed by atoms with Crippen LogP contribution in [0, 0.1) is 11.6 Å². The van der Waals surface area contributed by atoms with Crippen molar-refractivity contribution in [2.75, 3.05) is 33.3 Å². The first kappa shape index (κ1) is 21.3. The van der Waals surface area contributed by atoms with Gasteiger partial charge in [0.25, 0.3) is 5.91 Å². The predicted molar refractivity (Wildman–Crippen MR) is 112 cm³/mol. The highest BCUT2D eigenvalue weighted by Gasteiger charge is 2.45. The summed E-state index contributed by atoms with van der Waals surface area (Å²) in [5.41, 5.74) is -0.162. The van der Waals surface area contributed by atoms with Crippen molar-refractivity contribution in [2.24, 2.45) is 0 Å². The molecule has 5 nitrogen and oxygen atoms in total. The Kier molecular flexibility index (Phi) is 5.94. The van der Waals surface area contributed by atoms with Gasteiger partial charge >= 0.3 is 0 Å². The monoisotopic (exact) mass is 428 g/mol. The molecular formula is C24H26F2N2O3. The summed E-state index contributed by atoms with van der Waals surface area (Å²) in [4.78, 5) is 29.5. The minimum atomic E-state index is -0.869. The van der Waals surface area contributed by atoms with Gasteiger partial charge in [-0.2, -0.15) is 0 Å². The number of hydrogen-bond acceptors (Lipinski definition) is 3. The number of halogens is 2. The van der Waals surface area contributed by atoms with Crippen LogP contribution in [-0.4, -0.2) is 54.9 Å². The van der Waals surface area contributed by atoms with Crippen molar-refractivity contribution in [3.63, 3.8) is 0 Å². The molecular weight excluding hydrogens is 402 g/mol. The summed E-state index contributed by atoms with van der Waals surface area (Å²) in [5, 5.41) is 0. The number of methoxy groups -OCH3 is 1. The molecule has 0 spiro atoms. The second kappa shape index (κ2) is 8.65. The molecule has 164 valence electrons. The summed E-state index contributed by atoms with van der Waals surface area (Å²) < 4.78 is 33.4. The highest BCUT2D eigenvalue weighted by Crippen LogP contribution is 2.43. The molecule has 0 unspecified atom stereocenters. The van der Waals surface area contributed by atoms with Crippen LogP contribution in [0.25, 0.3) is 0 Å². The van der Waals surface area contributed by atoms with Gasteiger partial charge in [0.1, 0.15) is 22.9 Å². The molecule has 0 N–H and O–H groups in total. The molecule has 0 radical (unpaired) electrons. The van der Waals surface area contributed by atoms with Crippen molar-refractivity contribution in [1.29, 1.82) is 0 Å². The number of ether oxygens (including phenoxy) is 1. The van der Waals surface area contributed by atoms with Crippen LogP contribution < -0.4 is 4.74 Å². The van der Waals surface area contributed by atoms with Crippen molar-refractivity contribution >= 4 is 11.8 Å². The SMILES string of the molecule is COc1cccc(C2(C(=O)N3CCN(C(=O)c4c(F)cccc4F)CC3)CCCC2)c1. The maximum atomic E-state index is 14.0. The zero-order chi connectivity index (χ0) is 22.0. The van der Waals surface area contributed by atoms with Crippen LogP contribution in [0.15, 0.2) is 42.5 Å². The molecule has 2 fully saturated rings. The van der Waals surface area contributed by atoms with Gasteiger partial charge in [-0.25, -0.2) is 8.78 Å². The third-order valence-electron chi connectivity index (χ3n) is 6.52. The van der Waals surface area contributed by atoms with Gasteiger partial charge in [-0.05, 0) is 42.7 Å². The summed E-state index contributed by atoms with van der Waals surface area (Å²) >= 11 is 0. The number of amides is 2. The molecule has 1 aliphatic carbocycles. The lowest BCUT2D eigenvalue weighted by molar-refractivity contribution is -0.138. The Morgan fingerprint density at radius 2 is 1.48 bits per heavy atom. The van der Waals surface area contributed by atoms with Gasteiger partial charge in [0.05, 0.1) is 12.5 Å². The summed E-state index contributed by atoms with van der Waals surface area (Å²) in [5.74, 6) is -1.63. The number of nitrogens with zero attached hydrogens (tertiary/aromatic N) is 2. The molecule has 0 aromatic heterocycles. The minimum absolute atomic E-state index is 0.0578. The molecule has 2 aromatic carbocycles. The number of benzene rings is 2. The van der Waals surface area contributed by atoms with E-state index >= 15 is 0 Å². The highest BCUT2D eigenvalue weighted by molar-refractivity contribution is 5.95. The van der Waals surface area contributed by atoms with Crippen LogP contribution in [0.4, 0.5) is 8.78 Å². The number of piperazine rings is 1. The molecule has 4 rings (SSSR count). The van der Waals surface area contributed by atoms with Gasteiger partial charge in [0.2, 0.25) is 5.91 Å². The fourth-order valence-electron chi connectivity index (χ4n) is 4.80. The molecule has 31 heavy (non-hydrogen) atoms. The molecule has 1 aliphatic heterocycles. The van der Waals surface area contributed by atoms with Gasteiger partial charge in [0, 0.05) is 26.2 Å². The molecule has 2 aliphatic rings. The van der Waals surface area contributed by atoms with Gasteiger partial charge in [-0.3, -0.25) is 9.59 Å². The average molecular weight is 428 g/mol. The van der Waals surface area contributed by atoms with E-state index in [0.717, 1.165) is 49.1 Å². The Hall–Kier alpha value is -2.96. The number of carbonyl (C=O) groups is 2. The van der Waals surface area contributed by atoms with Gasteiger partial charge < -0.3 is 14.5 Å². The first-order chi connectivity index (χ1) is 15.0. The van der Waals surface area contributed by atoms with Crippen LogP contribution in [0.1, 0.15) is 41.6 Å². The lowest BCUT2D eigenvalue weighted by Crippen LogP contribution is -2.55. The third-order valence-corrected chi connectivity index (χ3v) is 6.52. The first-order valence-corrected chi connectivity index (χ1v) is 10.6. The zero-order valence-electron chi connectivity index (χ0n) is 17.6. The van der Waals surface area contributed by atoms with Gasteiger partial charge in [-0.1, -0.05) is 31.0 Å². The molecule has 1 saturated heterocycles. The van der Waals surface area contributed by atoms with Crippen LogP contribution in [0.3, 0.4) is 0 Å². The maximum absolute atomic E-state index is 14.0. The first-order valence-electron chi connectivity index (χ1n) is 10.6. The number of hydrogen-bond donors (Lipinski definition) is 0. The van der Waals surface area contributed by atoms with E-state index in [9.17, 15) is 18.4 Å². The van der Waals surface area contributed by atoms with E-state index in [1.807, 2.05) is 24.3 Å². The maximum Gasteiger partial charge on any atom is 0.259 e. The van der Waals surface area contributed by atoms with E-state index in [4.69, 9.17) is 4.74 Å². The summed E-state index contributed by atoms with van der Waals surface area (Å²) in [7, 11) is 1.61. The summed E-state index contributed by atoms with van der Waals surface area (Å²) in [6.07, 6.45) is 3.51. The molecule has 0 bridgehead atoms. The lowest BCUT2D eigenvalue weighted by Gasteiger charge is -2.40. The predicted octanol–water partition coefficient (Wildman–Crippen LogP) is 3.77. The Labute approximate surface area is 180 Å². The normalized spacial score (nSPS) is 18.2. The molecule has 2 amide bonds. The van der Waals surface area contributed by atoms with Crippen LogP contribution >= 0.6 is 0 Å². The molecule has 1 heterocycles. The van der Waals surface area contributed by atoms with Crippen molar-refractivity contribution in [3.8, 4) is 5.75 Å². The minimum Gasteiger partial charge on any atom is -0.497 e. The van der Waals surface area contributed by atoms with Crippen LogP contribution in [0.2, 0.25) is 0 Å². The lowest BCUT2D eigenvalue weighted by atomic mass is 9.77. The van der Waals surface area contributed by atoms with E-state index in [2.05, 4.69) is 0 Å². The van der Waals surface area contributed by atoms with E-state index in [-0.39, 0.29) is 19.0 Å².